The van der Waals surface area contributed by atoms with E-state index in [-0.39, 0.29) is 22.4 Å². The van der Waals surface area contributed by atoms with Gasteiger partial charge in [0.15, 0.2) is 5.16 Å². The molecular weight excluding hydrogens is 404 g/mol. The van der Waals surface area contributed by atoms with Crippen molar-refractivity contribution in [3.63, 3.8) is 0 Å². The van der Waals surface area contributed by atoms with Crippen molar-refractivity contribution >= 4 is 23.4 Å². The molecule has 3 aromatic rings. The highest BCUT2D eigenvalue weighted by Crippen LogP contribution is 2.25. The molecule has 1 amide bonds. The maximum absolute atomic E-state index is 12.3. The quantitative estimate of drug-likeness (QED) is 0.534. The van der Waals surface area contributed by atoms with Crippen molar-refractivity contribution in [2.24, 2.45) is 0 Å². The lowest BCUT2D eigenvalue weighted by molar-refractivity contribution is -0.113. The number of aromatic amines is 1. The van der Waals surface area contributed by atoms with Crippen LogP contribution in [0, 0.1) is 6.92 Å². The molecule has 0 unspecified atom stereocenters. The van der Waals surface area contributed by atoms with Crippen LogP contribution >= 0.6 is 11.8 Å². The Kier molecular flexibility index (Phi) is 7.08. The molecule has 0 atom stereocenters. The fourth-order valence-electron chi connectivity index (χ4n) is 2.70. The van der Waals surface area contributed by atoms with Crippen LogP contribution in [0.25, 0.3) is 0 Å². The van der Waals surface area contributed by atoms with E-state index < -0.39 is 0 Å². The molecule has 9 heteroatoms. The van der Waals surface area contributed by atoms with Gasteiger partial charge in [-0.2, -0.15) is 0 Å². The van der Waals surface area contributed by atoms with E-state index in [9.17, 15) is 9.59 Å². The number of hydrogen-bond donors (Lipinski definition) is 2. The van der Waals surface area contributed by atoms with Crippen LogP contribution in [0.4, 0.5) is 5.69 Å². The number of anilines is 1. The fourth-order valence-corrected chi connectivity index (χ4v) is 3.31. The van der Waals surface area contributed by atoms with Crippen molar-refractivity contribution in [3.8, 4) is 11.5 Å². The summed E-state index contributed by atoms with van der Waals surface area (Å²) in [5.74, 6) is 1.15. The van der Waals surface area contributed by atoms with Crippen LogP contribution in [-0.4, -0.2) is 41.1 Å². The number of hydrogen-bond acceptors (Lipinski definition) is 7. The summed E-state index contributed by atoms with van der Waals surface area (Å²) in [7, 11) is 3.14. The summed E-state index contributed by atoms with van der Waals surface area (Å²) in [6, 6.07) is 12.9. The number of ether oxygens (including phenoxy) is 2. The standard InChI is InChI=1S/C21H22N4O4S/c1-13-4-9-18(29-3)16(10-13)22-19(26)12-30-21-23-20(27)17(24-25-21)11-14-5-7-15(28-2)8-6-14/h4-10H,11-12H2,1-3H3,(H,22,26)(H,23,25,27). The Morgan fingerprint density at radius 3 is 2.53 bits per heavy atom. The second-order valence-corrected chi connectivity index (χ2v) is 7.44. The van der Waals surface area contributed by atoms with Crippen LogP contribution < -0.4 is 20.3 Å². The zero-order valence-electron chi connectivity index (χ0n) is 16.9. The topological polar surface area (TPSA) is 106 Å². The highest BCUT2D eigenvalue weighted by Gasteiger charge is 2.11. The van der Waals surface area contributed by atoms with E-state index in [1.54, 1.807) is 20.3 Å². The zero-order valence-corrected chi connectivity index (χ0v) is 17.7. The highest BCUT2D eigenvalue weighted by atomic mass is 32.2. The summed E-state index contributed by atoms with van der Waals surface area (Å²) >= 11 is 1.10. The lowest BCUT2D eigenvalue weighted by Crippen LogP contribution is -2.19. The summed E-state index contributed by atoms with van der Waals surface area (Å²) in [6.45, 7) is 1.93. The molecule has 0 fully saturated rings. The Morgan fingerprint density at radius 1 is 1.10 bits per heavy atom. The van der Waals surface area contributed by atoms with Gasteiger partial charge < -0.3 is 14.8 Å². The average Bonchev–Trinajstić information content (AvgIpc) is 2.75. The van der Waals surface area contributed by atoms with Gasteiger partial charge in [0.2, 0.25) is 5.91 Å². The first-order valence-electron chi connectivity index (χ1n) is 9.14. The van der Waals surface area contributed by atoms with Crippen LogP contribution in [0.15, 0.2) is 52.4 Å². The first-order chi connectivity index (χ1) is 14.5. The zero-order chi connectivity index (χ0) is 21.5. The van der Waals surface area contributed by atoms with Gasteiger partial charge in [0.25, 0.3) is 5.56 Å². The minimum absolute atomic E-state index is 0.0690. The molecule has 2 aromatic carbocycles. The van der Waals surface area contributed by atoms with E-state index in [2.05, 4.69) is 20.5 Å². The predicted octanol–water partition coefficient (Wildman–Crippen LogP) is 2.81. The van der Waals surface area contributed by atoms with Gasteiger partial charge in [0.1, 0.15) is 17.2 Å². The molecule has 156 valence electrons. The van der Waals surface area contributed by atoms with Crippen LogP contribution in [0.5, 0.6) is 11.5 Å². The molecule has 30 heavy (non-hydrogen) atoms. The number of amides is 1. The molecule has 8 nitrogen and oxygen atoms in total. The number of carbonyl (C=O) groups is 1. The normalized spacial score (nSPS) is 10.5. The molecule has 1 aromatic heterocycles. The van der Waals surface area contributed by atoms with Gasteiger partial charge in [0, 0.05) is 6.42 Å². The van der Waals surface area contributed by atoms with E-state index in [4.69, 9.17) is 9.47 Å². The Morgan fingerprint density at radius 2 is 1.87 bits per heavy atom. The Labute approximate surface area is 178 Å². The van der Waals surface area contributed by atoms with Crippen LogP contribution in [0.1, 0.15) is 16.8 Å². The van der Waals surface area contributed by atoms with Crippen molar-refractivity contribution in [3.05, 3.63) is 69.6 Å². The van der Waals surface area contributed by atoms with E-state index >= 15 is 0 Å². The number of methoxy groups -OCH3 is 2. The summed E-state index contributed by atoms with van der Waals surface area (Å²) in [4.78, 5) is 27.3. The van der Waals surface area contributed by atoms with Crippen molar-refractivity contribution in [2.45, 2.75) is 18.5 Å². The number of nitrogens with zero attached hydrogens (tertiary/aromatic N) is 2. The summed E-state index contributed by atoms with van der Waals surface area (Å²) in [5, 5.41) is 11.1. The number of aromatic nitrogens is 3. The van der Waals surface area contributed by atoms with Crippen molar-refractivity contribution in [1.29, 1.82) is 0 Å². The lowest BCUT2D eigenvalue weighted by atomic mass is 10.1. The first kappa shape index (κ1) is 21.4. The Balaban J connectivity index is 1.59. The number of aryl methyl sites for hydroxylation is 1. The van der Waals surface area contributed by atoms with Gasteiger partial charge in [-0.15, -0.1) is 10.2 Å². The van der Waals surface area contributed by atoms with Gasteiger partial charge in [-0.25, -0.2) is 0 Å². The fraction of sp³-hybridized carbons (Fsp3) is 0.238. The van der Waals surface area contributed by atoms with Gasteiger partial charge >= 0.3 is 0 Å². The first-order valence-corrected chi connectivity index (χ1v) is 10.1. The number of nitrogens with one attached hydrogen (secondary N) is 2. The monoisotopic (exact) mass is 426 g/mol. The Bertz CT molecular complexity index is 1080. The molecule has 0 aliphatic heterocycles. The van der Waals surface area contributed by atoms with E-state index in [1.807, 2.05) is 43.3 Å². The molecule has 3 rings (SSSR count). The van der Waals surface area contributed by atoms with E-state index in [0.29, 0.717) is 23.6 Å². The molecule has 0 saturated heterocycles. The highest BCUT2D eigenvalue weighted by molar-refractivity contribution is 7.99. The molecule has 2 N–H and O–H groups in total. The second kappa shape index (κ2) is 9.93. The van der Waals surface area contributed by atoms with E-state index in [0.717, 1.165) is 28.6 Å². The van der Waals surface area contributed by atoms with Gasteiger partial charge in [-0.3, -0.25) is 14.6 Å². The minimum atomic E-state index is -0.330. The summed E-state index contributed by atoms with van der Waals surface area (Å²) in [6.07, 6.45) is 0.352. The number of benzene rings is 2. The smallest absolute Gasteiger partial charge is 0.273 e. The van der Waals surface area contributed by atoms with E-state index in [1.165, 1.54) is 0 Å². The third-order valence-corrected chi connectivity index (χ3v) is 5.11. The Hall–Kier alpha value is -3.33. The molecule has 0 aliphatic rings. The van der Waals surface area contributed by atoms with Gasteiger partial charge in [0.05, 0.1) is 25.7 Å². The number of carbonyl (C=O) groups excluding carboxylic acids is 1. The van der Waals surface area contributed by atoms with Crippen molar-refractivity contribution < 1.29 is 14.3 Å². The second-order valence-electron chi connectivity index (χ2n) is 6.47. The molecule has 0 bridgehead atoms. The van der Waals surface area contributed by atoms with Gasteiger partial charge in [-0.1, -0.05) is 30.0 Å². The minimum Gasteiger partial charge on any atom is -0.497 e. The summed E-state index contributed by atoms with van der Waals surface area (Å²) in [5.41, 5.74) is 2.49. The van der Waals surface area contributed by atoms with Crippen LogP contribution in [-0.2, 0) is 11.2 Å². The third-order valence-electron chi connectivity index (χ3n) is 4.24. The van der Waals surface area contributed by atoms with Gasteiger partial charge in [-0.05, 0) is 42.3 Å². The molecule has 0 saturated carbocycles. The average molecular weight is 426 g/mol. The largest absolute Gasteiger partial charge is 0.497 e. The molecule has 0 radical (unpaired) electrons. The predicted molar refractivity (Wildman–Crippen MR) is 116 cm³/mol. The number of thioether (sulfide) groups is 1. The molecular formula is C21H22N4O4S. The summed E-state index contributed by atoms with van der Waals surface area (Å²) < 4.78 is 10.4. The maximum Gasteiger partial charge on any atom is 0.273 e. The molecule has 0 aliphatic carbocycles. The van der Waals surface area contributed by atoms with Crippen LogP contribution in [0.3, 0.4) is 0 Å². The maximum atomic E-state index is 12.3. The van der Waals surface area contributed by atoms with Crippen LogP contribution in [0.2, 0.25) is 0 Å². The molecule has 0 spiro atoms. The van der Waals surface area contributed by atoms with Crippen molar-refractivity contribution in [2.75, 3.05) is 25.3 Å². The third kappa shape index (κ3) is 5.60. The SMILES string of the molecule is COc1ccc(Cc2nnc(SCC(=O)Nc3cc(C)ccc3OC)[nH]c2=O)cc1. The number of H-pyrrole nitrogens is 1. The lowest BCUT2D eigenvalue weighted by Gasteiger charge is -2.10. The van der Waals surface area contributed by atoms with Crippen molar-refractivity contribution in [1.82, 2.24) is 15.2 Å². The number of rotatable bonds is 8. The molecule has 1 heterocycles.